The van der Waals surface area contributed by atoms with Crippen molar-refractivity contribution >= 4 is 10.9 Å². The molecule has 1 N–H and O–H groups in total. The molecule has 94 valence electrons. The van der Waals surface area contributed by atoms with E-state index in [2.05, 4.69) is 9.97 Å². The molecule has 2 aromatic carbocycles. The van der Waals surface area contributed by atoms with Crippen LogP contribution in [0.4, 0.5) is 0 Å². The van der Waals surface area contributed by atoms with Gasteiger partial charge >= 0.3 is 0 Å². The van der Waals surface area contributed by atoms with E-state index in [-0.39, 0.29) is 5.75 Å². The molecule has 1 aromatic heterocycles. The van der Waals surface area contributed by atoms with Gasteiger partial charge < -0.3 is 9.84 Å². The zero-order valence-corrected chi connectivity index (χ0v) is 10.4. The molecule has 0 bridgehead atoms. The normalized spacial score (nSPS) is 10.6. The van der Waals surface area contributed by atoms with Gasteiger partial charge in [0, 0.05) is 17.1 Å². The van der Waals surface area contributed by atoms with Gasteiger partial charge in [-0.1, -0.05) is 0 Å². The third kappa shape index (κ3) is 2.20. The summed E-state index contributed by atoms with van der Waals surface area (Å²) < 4.78 is 5.12. The Morgan fingerprint density at radius 1 is 1.05 bits per heavy atom. The van der Waals surface area contributed by atoms with Crippen LogP contribution in [0.3, 0.4) is 0 Å². The molecule has 0 fully saturated rings. The highest BCUT2D eigenvalue weighted by Gasteiger charge is 2.04. The first-order chi connectivity index (χ1) is 9.26. The standard InChI is InChI=1S/C15H12N2O2/c1-19-13-5-2-10(3-6-13)15-16-9-11-8-12(18)4-7-14(11)17-15/h2-9,18H,1H3. The predicted octanol–water partition coefficient (Wildman–Crippen LogP) is 3.01. The summed E-state index contributed by atoms with van der Waals surface area (Å²) in [5.41, 5.74) is 1.73. The van der Waals surface area contributed by atoms with E-state index < -0.39 is 0 Å². The summed E-state index contributed by atoms with van der Waals surface area (Å²) in [5.74, 6) is 1.67. The Kier molecular flexibility index (Phi) is 2.76. The number of benzene rings is 2. The van der Waals surface area contributed by atoms with Gasteiger partial charge in [-0.05, 0) is 42.5 Å². The highest BCUT2D eigenvalue weighted by molar-refractivity contribution is 5.80. The van der Waals surface area contributed by atoms with Crippen LogP contribution in [0.1, 0.15) is 0 Å². The number of hydrogen-bond donors (Lipinski definition) is 1. The Hall–Kier alpha value is -2.62. The smallest absolute Gasteiger partial charge is 0.159 e. The molecule has 0 spiro atoms. The van der Waals surface area contributed by atoms with E-state index in [9.17, 15) is 5.11 Å². The third-order valence-electron chi connectivity index (χ3n) is 2.91. The number of hydrogen-bond acceptors (Lipinski definition) is 4. The average Bonchev–Trinajstić information content (AvgIpc) is 2.47. The van der Waals surface area contributed by atoms with Crippen LogP contribution in [0.2, 0.25) is 0 Å². The number of phenols is 1. The van der Waals surface area contributed by atoms with Crippen molar-refractivity contribution in [2.75, 3.05) is 7.11 Å². The average molecular weight is 252 g/mol. The lowest BCUT2D eigenvalue weighted by Gasteiger charge is -2.04. The summed E-state index contributed by atoms with van der Waals surface area (Å²) in [6.45, 7) is 0. The zero-order valence-electron chi connectivity index (χ0n) is 10.4. The van der Waals surface area contributed by atoms with Crippen molar-refractivity contribution < 1.29 is 9.84 Å². The first-order valence-corrected chi connectivity index (χ1v) is 5.86. The SMILES string of the molecule is COc1ccc(-c2ncc3cc(O)ccc3n2)cc1. The Labute approximate surface area is 110 Å². The topological polar surface area (TPSA) is 55.2 Å². The van der Waals surface area contributed by atoms with E-state index in [1.807, 2.05) is 24.3 Å². The van der Waals surface area contributed by atoms with Gasteiger partial charge in [-0.3, -0.25) is 0 Å². The van der Waals surface area contributed by atoms with Crippen LogP contribution in [0.25, 0.3) is 22.3 Å². The molecule has 0 aliphatic heterocycles. The number of phenolic OH excluding ortho intramolecular Hbond substituents is 1. The van der Waals surface area contributed by atoms with Crippen molar-refractivity contribution in [2.24, 2.45) is 0 Å². The molecule has 4 heteroatoms. The van der Waals surface area contributed by atoms with Crippen molar-refractivity contribution in [1.29, 1.82) is 0 Å². The van der Waals surface area contributed by atoms with E-state index in [4.69, 9.17) is 4.74 Å². The molecule has 0 aliphatic rings. The van der Waals surface area contributed by atoms with Gasteiger partial charge in [0.15, 0.2) is 5.82 Å². The van der Waals surface area contributed by atoms with Gasteiger partial charge in [0.1, 0.15) is 11.5 Å². The lowest BCUT2D eigenvalue weighted by atomic mass is 10.2. The van der Waals surface area contributed by atoms with Crippen LogP contribution >= 0.6 is 0 Å². The first kappa shape index (κ1) is 11.5. The van der Waals surface area contributed by atoms with Gasteiger partial charge in [0.05, 0.1) is 12.6 Å². The Bertz CT molecular complexity index is 724. The summed E-state index contributed by atoms with van der Waals surface area (Å²) in [4.78, 5) is 8.79. The van der Waals surface area contributed by atoms with Gasteiger partial charge in [0.2, 0.25) is 0 Å². The second-order valence-corrected chi connectivity index (χ2v) is 4.17. The molecule has 3 aromatic rings. The summed E-state index contributed by atoms with van der Waals surface area (Å²) in [5, 5.41) is 10.2. The van der Waals surface area contributed by atoms with E-state index in [1.165, 1.54) is 0 Å². The second-order valence-electron chi connectivity index (χ2n) is 4.17. The molecule has 0 saturated heterocycles. The molecule has 0 saturated carbocycles. The van der Waals surface area contributed by atoms with Gasteiger partial charge in [-0.15, -0.1) is 0 Å². The fourth-order valence-corrected chi connectivity index (χ4v) is 1.90. The minimum absolute atomic E-state index is 0.216. The molecule has 4 nitrogen and oxygen atoms in total. The van der Waals surface area contributed by atoms with Crippen molar-refractivity contribution in [3.8, 4) is 22.9 Å². The van der Waals surface area contributed by atoms with Crippen molar-refractivity contribution in [3.05, 3.63) is 48.7 Å². The lowest BCUT2D eigenvalue weighted by Crippen LogP contribution is -1.90. The number of aromatic hydroxyl groups is 1. The van der Waals surface area contributed by atoms with Gasteiger partial charge in [-0.25, -0.2) is 9.97 Å². The number of nitrogens with zero attached hydrogens (tertiary/aromatic N) is 2. The van der Waals surface area contributed by atoms with E-state index in [0.717, 1.165) is 22.2 Å². The quantitative estimate of drug-likeness (QED) is 0.761. The number of ether oxygens (including phenoxy) is 1. The lowest BCUT2D eigenvalue weighted by molar-refractivity contribution is 0.415. The first-order valence-electron chi connectivity index (χ1n) is 5.86. The fraction of sp³-hybridized carbons (Fsp3) is 0.0667. The zero-order chi connectivity index (χ0) is 13.2. The summed E-state index contributed by atoms with van der Waals surface area (Å²) in [7, 11) is 1.63. The molecule has 19 heavy (non-hydrogen) atoms. The Morgan fingerprint density at radius 3 is 2.58 bits per heavy atom. The van der Waals surface area contributed by atoms with E-state index in [1.54, 1.807) is 31.5 Å². The second kappa shape index (κ2) is 4.57. The maximum Gasteiger partial charge on any atom is 0.159 e. The van der Waals surface area contributed by atoms with Gasteiger partial charge in [0.25, 0.3) is 0 Å². The maximum atomic E-state index is 9.40. The molecular formula is C15H12N2O2. The molecule has 0 radical (unpaired) electrons. The highest BCUT2D eigenvalue weighted by atomic mass is 16.5. The highest BCUT2D eigenvalue weighted by Crippen LogP contribution is 2.22. The van der Waals surface area contributed by atoms with Crippen LogP contribution in [-0.2, 0) is 0 Å². The number of fused-ring (bicyclic) bond motifs is 1. The maximum absolute atomic E-state index is 9.40. The van der Waals surface area contributed by atoms with Crippen LogP contribution in [-0.4, -0.2) is 22.2 Å². The van der Waals surface area contributed by atoms with Gasteiger partial charge in [-0.2, -0.15) is 0 Å². The molecule has 0 amide bonds. The Balaban J connectivity index is 2.06. The molecule has 0 aliphatic carbocycles. The summed E-state index contributed by atoms with van der Waals surface area (Å²) in [6, 6.07) is 12.6. The Morgan fingerprint density at radius 2 is 1.84 bits per heavy atom. The van der Waals surface area contributed by atoms with E-state index >= 15 is 0 Å². The van der Waals surface area contributed by atoms with Crippen LogP contribution < -0.4 is 4.74 Å². The number of aromatic nitrogens is 2. The molecule has 0 unspecified atom stereocenters. The van der Waals surface area contributed by atoms with Crippen LogP contribution in [0.15, 0.2) is 48.7 Å². The minimum atomic E-state index is 0.216. The van der Waals surface area contributed by atoms with Crippen LogP contribution in [0.5, 0.6) is 11.5 Å². The number of rotatable bonds is 2. The minimum Gasteiger partial charge on any atom is -0.508 e. The number of methoxy groups -OCH3 is 1. The van der Waals surface area contributed by atoms with E-state index in [0.29, 0.717) is 5.82 Å². The fourth-order valence-electron chi connectivity index (χ4n) is 1.90. The predicted molar refractivity (Wildman–Crippen MR) is 73.2 cm³/mol. The van der Waals surface area contributed by atoms with Crippen molar-refractivity contribution in [1.82, 2.24) is 9.97 Å². The molecule has 0 atom stereocenters. The largest absolute Gasteiger partial charge is 0.508 e. The molecule has 1 heterocycles. The van der Waals surface area contributed by atoms with Crippen molar-refractivity contribution in [3.63, 3.8) is 0 Å². The third-order valence-corrected chi connectivity index (χ3v) is 2.91. The van der Waals surface area contributed by atoms with Crippen LogP contribution in [0, 0.1) is 0 Å². The van der Waals surface area contributed by atoms with Crippen molar-refractivity contribution in [2.45, 2.75) is 0 Å². The monoisotopic (exact) mass is 252 g/mol. The summed E-state index contributed by atoms with van der Waals surface area (Å²) >= 11 is 0. The summed E-state index contributed by atoms with van der Waals surface area (Å²) in [6.07, 6.45) is 1.71. The molecule has 3 rings (SSSR count). The molecular weight excluding hydrogens is 240 g/mol.